The van der Waals surface area contributed by atoms with Crippen molar-refractivity contribution in [3.8, 4) is 17.0 Å². The van der Waals surface area contributed by atoms with Crippen LogP contribution >= 0.6 is 0 Å². The number of carbonyl (C=O) groups excluding carboxylic acids is 1. The van der Waals surface area contributed by atoms with Gasteiger partial charge >= 0.3 is 5.69 Å². The van der Waals surface area contributed by atoms with Gasteiger partial charge in [0.2, 0.25) is 0 Å². The number of methoxy groups -OCH3 is 1. The van der Waals surface area contributed by atoms with Crippen molar-refractivity contribution < 1.29 is 14.6 Å². The number of carboxylic acid groups (broad SMARTS) is 1. The van der Waals surface area contributed by atoms with Crippen molar-refractivity contribution >= 4 is 17.0 Å². The summed E-state index contributed by atoms with van der Waals surface area (Å²) in [6.45, 7) is 0. The first-order valence-electron chi connectivity index (χ1n) is 7.31. The highest BCUT2D eigenvalue weighted by atomic mass is 16.5. The Balaban J connectivity index is 2.42. The van der Waals surface area contributed by atoms with Gasteiger partial charge in [0, 0.05) is 25.2 Å². The highest BCUT2D eigenvalue weighted by molar-refractivity contribution is 6.01. The highest BCUT2D eigenvalue weighted by Gasteiger charge is 2.16. The first-order valence-corrected chi connectivity index (χ1v) is 7.31. The Hall–Kier alpha value is -3.42. The molecule has 8 nitrogen and oxygen atoms in total. The van der Waals surface area contributed by atoms with Crippen LogP contribution in [0.4, 0.5) is 0 Å². The summed E-state index contributed by atoms with van der Waals surface area (Å²) in [5.41, 5.74) is -0.740. The Bertz CT molecular complexity index is 1110. The van der Waals surface area contributed by atoms with E-state index in [0.29, 0.717) is 17.0 Å². The zero-order chi connectivity index (χ0) is 18.3. The molecule has 0 fully saturated rings. The molecule has 0 spiro atoms. The van der Waals surface area contributed by atoms with E-state index in [1.807, 2.05) is 0 Å². The molecular formula is C17H14N3O5-. The van der Waals surface area contributed by atoms with Gasteiger partial charge in [-0.3, -0.25) is 13.9 Å². The number of aryl methyl sites for hydroxylation is 1. The smallest absolute Gasteiger partial charge is 0.332 e. The average Bonchev–Trinajstić information content (AvgIpc) is 2.63. The van der Waals surface area contributed by atoms with E-state index in [9.17, 15) is 19.5 Å². The molecule has 0 unspecified atom stereocenters. The van der Waals surface area contributed by atoms with E-state index < -0.39 is 17.2 Å². The normalized spacial score (nSPS) is 10.8. The summed E-state index contributed by atoms with van der Waals surface area (Å²) >= 11 is 0. The van der Waals surface area contributed by atoms with E-state index in [1.165, 1.54) is 27.3 Å². The Morgan fingerprint density at radius 3 is 2.32 bits per heavy atom. The third-order valence-electron chi connectivity index (χ3n) is 4.02. The van der Waals surface area contributed by atoms with Gasteiger partial charge in [-0.1, -0.05) is 0 Å². The van der Waals surface area contributed by atoms with Gasteiger partial charge in [-0.2, -0.15) is 0 Å². The molecule has 0 aliphatic rings. The second-order valence-corrected chi connectivity index (χ2v) is 5.48. The van der Waals surface area contributed by atoms with E-state index in [-0.39, 0.29) is 16.6 Å². The Labute approximate surface area is 141 Å². The van der Waals surface area contributed by atoms with Gasteiger partial charge < -0.3 is 14.6 Å². The third kappa shape index (κ3) is 2.57. The number of carbonyl (C=O) groups is 1. The van der Waals surface area contributed by atoms with E-state index >= 15 is 0 Å². The van der Waals surface area contributed by atoms with Crippen LogP contribution in [0.5, 0.6) is 5.75 Å². The predicted octanol–water partition coefficient (Wildman–Crippen LogP) is -0.329. The second kappa shape index (κ2) is 5.90. The molecule has 2 aromatic heterocycles. The van der Waals surface area contributed by atoms with Crippen molar-refractivity contribution in [1.82, 2.24) is 14.1 Å². The zero-order valence-corrected chi connectivity index (χ0v) is 13.8. The lowest BCUT2D eigenvalue weighted by atomic mass is 10.1. The van der Waals surface area contributed by atoms with Crippen molar-refractivity contribution in [3.05, 3.63) is 56.7 Å². The van der Waals surface area contributed by atoms with Gasteiger partial charge in [0.05, 0.1) is 24.2 Å². The molecule has 3 aromatic rings. The number of rotatable bonds is 3. The van der Waals surface area contributed by atoms with E-state index in [0.717, 1.165) is 9.13 Å². The molecule has 0 aliphatic carbocycles. The van der Waals surface area contributed by atoms with Gasteiger partial charge in [-0.05, 0) is 30.3 Å². The van der Waals surface area contributed by atoms with Crippen molar-refractivity contribution in [2.75, 3.05) is 7.11 Å². The first kappa shape index (κ1) is 16.4. The van der Waals surface area contributed by atoms with E-state index in [1.54, 1.807) is 24.3 Å². The Morgan fingerprint density at radius 1 is 1.12 bits per heavy atom. The molecule has 0 saturated heterocycles. The standard InChI is InChI=1S/C17H15N3O5/c1-19-14-13(15(21)20(2)17(19)24)11(16(22)23)8-12(18-14)9-4-6-10(25-3)7-5-9/h4-8H,1-3H3,(H,22,23)/p-1. The summed E-state index contributed by atoms with van der Waals surface area (Å²) in [5, 5.41) is 11.4. The number of benzene rings is 1. The van der Waals surface area contributed by atoms with Crippen molar-refractivity contribution in [3.63, 3.8) is 0 Å². The van der Waals surface area contributed by atoms with Crippen LogP contribution in [0, 0.1) is 0 Å². The fraction of sp³-hybridized carbons (Fsp3) is 0.176. The van der Waals surface area contributed by atoms with E-state index in [2.05, 4.69) is 4.98 Å². The lowest BCUT2D eigenvalue weighted by Gasteiger charge is -2.13. The molecule has 128 valence electrons. The number of carboxylic acids is 1. The number of hydrogen-bond donors (Lipinski definition) is 0. The van der Waals surface area contributed by atoms with Gasteiger partial charge in [0.1, 0.15) is 5.75 Å². The largest absolute Gasteiger partial charge is 0.545 e. The summed E-state index contributed by atoms with van der Waals surface area (Å²) in [6.07, 6.45) is 0. The molecule has 2 heterocycles. The van der Waals surface area contributed by atoms with Gasteiger partial charge in [-0.25, -0.2) is 9.78 Å². The van der Waals surface area contributed by atoms with Crippen LogP contribution in [-0.4, -0.2) is 27.2 Å². The molecule has 3 rings (SSSR count). The third-order valence-corrected chi connectivity index (χ3v) is 4.02. The minimum atomic E-state index is -1.52. The lowest BCUT2D eigenvalue weighted by molar-refractivity contribution is -0.254. The molecule has 25 heavy (non-hydrogen) atoms. The SMILES string of the molecule is COc1ccc(-c2cc(C(=O)[O-])c3c(=O)n(C)c(=O)n(C)c3n2)cc1. The van der Waals surface area contributed by atoms with Gasteiger partial charge in [0.25, 0.3) is 5.56 Å². The fourth-order valence-corrected chi connectivity index (χ4v) is 2.63. The molecule has 1 aromatic carbocycles. The number of aromatic nitrogens is 3. The maximum absolute atomic E-state index is 12.4. The summed E-state index contributed by atoms with van der Waals surface area (Å²) in [7, 11) is 4.23. The van der Waals surface area contributed by atoms with Crippen molar-refractivity contribution in [2.24, 2.45) is 14.1 Å². The molecule has 0 atom stereocenters. The maximum Gasteiger partial charge on any atom is 0.332 e. The zero-order valence-electron chi connectivity index (χ0n) is 13.8. The molecule has 0 amide bonds. The number of nitrogens with zero attached hydrogens (tertiary/aromatic N) is 3. The van der Waals surface area contributed by atoms with Crippen LogP contribution in [-0.2, 0) is 14.1 Å². The minimum Gasteiger partial charge on any atom is -0.545 e. The van der Waals surface area contributed by atoms with Crippen LogP contribution in [0.2, 0.25) is 0 Å². The van der Waals surface area contributed by atoms with Gasteiger partial charge in [0.15, 0.2) is 5.65 Å². The monoisotopic (exact) mass is 340 g/mol. The summed E-state index contributed by atoms with van der Waals surface area (Å²) < 4.78 is 7.06. The topological polar surface area (TPSA) is 106 Å². The molecule has 0 saturated carbocycles. The maximum atomic E-state index is 12.4. The van der Waals surface area contributed by atoms with Crippen molar-refractivity contribution in [2.45, 2.75) is 0 Å². The molecule has 0 bridgehead atoms. The fourth-order valence-electron chi connectivity index (χ4n) is 2.63. The van der Waals surface area contributed by atoms with Crippen LogP contribution in [0.25, 0.3) is 22.3 Å². The molecule has 8 heteroatoms. The minimum absolute atomic E-state index is 0.0133. The van der Waals surface area contributed by atoms with E-state index in [4.69, 9.17) is 4.74 Å². The first-order chi connectivity index (χ1) is 11.8. The number of pyridine rings is 1. The summed E-state index contributed by atoms with van der Waals surface area (Å²) in [5.74, 6) is -0.885. The Kier molecular flexibility index (Phi) is 3.88. The summed E-state index contributed by atoms with van der Waals surface area (Å²) in [6, 6.07) is 8.06. The Morgan fingerprint density at radius 2 is 1.76 bits per heavy atom. The van der Waals surface area contributed by atoms with Crippen LogP contribution < -0.4 is 21.1 Å². The second-order valence-electron chi connectivity index (χ2n) is 5.48. The summed E-state index contributed by atoms with van der Waals surface area (Å²) in [4.78, 5) is 40.4. The number of hydrogen-bond acceptors (Lipinski definition) is 6. The van der Waals surface area contributed by atoms with Crippen molar-refractivity contribution in [1.29, 1.82) is 0 Å². The van der Waals surface area contributed by atoms with Crippen LogP contribution in [0.1, 0.15) is 10.4 Å². The molecular weight excluding hydrogens is 326 g/mol. The molecule has 0 aliphatic heterocycles. The highest BCUT2D eigenvalue weighted by Crippen LogP contribution is 2.24. The van der Waals surface area contributed by atoms with Crippen LogP contribution in [0.15, 0.2) is 39.9 Å². The lowest BCUT2D eigenvalue weighted by Crippen LogP contribution is -2.38. The predicted molar refractivity (Wildman–Crippen MR) is 88.5 cm³/mol. The number of ether oxygens (including phenoxy) is 1. The number of aromatic carboxylic acids is 1. The average molecular weight is 340 g/mol. The quantitative estimate of drug-likeness (QED) is 0.646. The van der Waals surface area contributed by atoms with Gasteiger partial charge in [-0.15, -0.1) is 0 Å². The number of fused-ring (bicyclic) bond motifs is 1. The molecule has 0 N–H and O–H groups in total. The molecule has 0 radical (unpaired) electrons. The van der Waals surface area contributed by atoms with Crippen LogP contribution in [0.3, 0.4) is 0 Å².